The van der Waals surface area contributed by atoms with Crippen molar-refractivity contribution in [1.29, 1.82) is 0 Å². The average molecular weight is 179 g/mol. The number of hydrogen-bond donors (Lipinski definition) is 1. The smallest absolute Gasteiger partial charge is 0.337 e. The molecule has 13 heavy (non-hydrogen) atoms. The summed E-state index contributed by atoms with van der Waals surface area (Å²) in [4.78, 5) is 12.6. The van der Waals surface area contributed by atoms with Crippen molar-refractivity contribution < 1.29 is 9.90 Å². The highest BCUT2D eigenvalue weighted by Gasteiger charge is 2.17. The Balaban J connectivity index is 2.26. The van der Waals surface area contributed by atoms with Crippen molar-refractivity contribution in [2.75, 3.05) is 18.0 Å². The van der Waals surface area contributed by atoms with E-state index < -0.39 is 5.97 Å². The zero-order chi connectivity index (χ0) is 9.26. The molecule has 0 aromatic carbocycles. The monoisotopic (exact) mass is 179 g/mol. The fourth-order valence-corrected chi connectivity index (χ4v) is 1.17. The first-order valence-electron chi connectivity index (χ1n) is 4.08. The summed E-state index contributed by atoms with van der Waals surface area (Å²) in [6.45, 7) is 1.88. The molecule has 1 N–H and O–H groups in total. The van der Waals surface area contributed by atoms with Crippen LogP contribution in [-0.4, -0.2) is 34.4 Å². The standard InChI is InChI=1S/C8H9N3O2/c12-8(13)6-4-7(10-9-5-6)11-2-1-3-11/h4-5H,1-3H2,(H,12,13). The van der Waals surface area contributed by atoms with Crippen LogP contribution in [0, 0.1) is 0 Å². The van der Waals surface area contributed by atoms with Gasteiger partial charge in [0.1, 0.15) is 0 Å². The van der Waals surface area contributed by atoms with Gasteiger partial charge in [0, 0.05) is 13.1 Å². The van der Waals surface area contributed by atoms with Gasteiger partial charge < -0.3 is 10.0 Å². The molecule has 1 saturated heterocycles. The van der Waals surface area contributed by atoms with Crippen LogP contribution in [-0.2, 0) is 0 Å². The maximum absolute atomic E-state index is 10.6. The molecule has 2 rings (SSSR count). The highest BCUT2D eigenvalue weighted by molar-refractivity contribution is 5.87. The minimum atomic E-state index is -0.961. The topological polar surface area (TPSA) is 66.3 Å². The Bertz CT molecular complexity index is 336. The van der Waals surface area contributed by atoms with E-state index in [2.05, 4.69) is 10.2 Å². The molecule has 68 valence electrons. The van der Waals surface area contributed by atoms with Crippen molar-refractivity contribution in [2.24, 2.45) is 0 Å². The van der Waals surface area contributed by atoms with Crippen LogP contribution in [0.4, 0.5) is 5.82 Å². The van der Waals surface area contributed by atoms with Gasteiger partial charge in [0.2, 0.25) is 0 Å². The van der Waals surface area contributed by atoms with Gasteiger partial charge in [-0.2, -0.15) is 5.10 Å². The first-order valence-corrected chi connectivity index (χ1v) is 4.08. The van der Waals surface area contributed by atoms with Crippen molar-refractivity contribution in [2.45, 2.75) is 6.42 Å². The highest BCUT2D eigenvalue weighted by atomic mass is 16.4. The van der Waals surface area contributed by atoms with E-state index in [1.165, 1.54) is 6.20 Å². The summed E-state index contributed by atoms with van der Waals surface area (Å²) >= 11 is 0. The molecule has 1 fully saturated rings. The molecular formula is C8H9N3O2. The van der Waals surface area contributed by atoms with E-state index in [0.717, 1.165) is 19.5 Å². The van der Waals surface area contributed by atoms with Crippen LogP contribution in [0.2, 0.25) is 0 Å². The van der Waals surface area contributed by atoms with Crippen LogP contribution >= 0.6 is 0 Å². The lowest BCUT2D eigenvalue weighted by atomic mass is 10.2. The van der Waals surface area contributed by atoms with E-state index in [1.807, 2.05) is 4.90 Å². The average Bonchev–Trinajstić information content (AvgIpc) is 2.01. The second kappa shape index (κ2) is 3.01. The zero-order valence-corrected chi connectivity index (χ0v) is 6.97. The quantitative estimate of drug-likeness (QED) is 0.711. The maximum atomic E-state index is 10.6. The number of anilines is 1. The van der Waals surface area contributed by atoms with E-state index >= 15 is 0 Å². The number of carboxylic acids is 1. The maximum Gasteiger partial charge on any atom is 0.337 e. The number of hydrogen-bond acceptors (Lipinski definition) is 4. The molecule has 0 atom stereocenters. The molecule has 0 saturated carbocycles. The summed E-state index contributed by atoms with van der Waals surface area (Å²) in [5.41, 5.74) is 0.192. The molecule has 1 aromatic rings. The lowest BCUT2D eigenvalue weighted by molar-refractivity contribution is 0.0696. The SMILES string of the molecule is O=C(O)c1cnnc(N2CCC2)c1. The molecule has 0 radical (unpaired) electrons. The number of carbonyl (C=O) groups is 1. The molecule has 5 heteroatoms. The zero-order valence-electron chi connectivity index (χ0n) is 6.97. The lowest BCUT2D eigenvalue weighted by Crippen LogP contribution is -2.37. The third kappa shape index (κ3) is 1.44. The van der Waals surface area contributed by atoms with Gasteiger partial charge in [0.25, 0.3) is 0 Å². The fraction of sp³-hybridized carbons (Fsp3) is 0.375. The Labute approximate surface area is 75.0 Å². The molecule has 1 aliphatic heterocycles. The second-order valence-electron chi connectivity index (χ2n) is 2.95. The molecule has 1 aromatic heterocycles. The first kappa shape index (κ1) is 7.97. The number of aromatic nitrogens is 2. The van der Waals surface area contributed by atoms with E-state index in [4.69, 9.17) is 5.11 Å². The molecule has 0 unspecified atom stereocenters. The normalized spacial score (nSPS) is 15.2. The molecule has 1 aliphatic rings. The van der Waals surface area contributed by atoms with Crippen molar-refractivity contribution >= 4 is 11.8 Å². The van der Waals surface area contributed by atoms with Gasteiger partial charge in [-0.15, -0.1) is 5.10 Å². The van der Waals surface area contributed by atoms with Gasteiger partial charge in [0.15, 0.2) is 5.82 Å². The van der Waals surface area contributed by atoms with Crippen LogP contribution < -0.4 is 4.90 Å². The molecule has 5 nitrogen and oxygen atoms in total. The van der Waals surface area contributed by atoms with Crippen LogP contribution in [0.15, 0.2) is 12.3 Å². The molecule has 0 amide bonds. The summed E-state index contributed by atoms with van der Waals surface area (Å²) in [5.74, 6) is -0.303. The van der Waals surface area contributed by atoms with Crippen LogP contribution in [0.3, 0.4) is 0 Å². The Morgan fingerprint density at radius 3 is 2.85 bits per heavy atom. The summed E-state index contributed by atoms with van der Waals surface area (Å²) in [6.07, 6.45) is 2.39. The summed E-state index contributed by atoms with van der Waals surface area (Å²) in [5, 5.41) is 16.2. The number of nitrogens with zero attached hydrogens (tertiary/aromatic N) is 3. The Kier molecular flexibility index (Phi) is 1.84. The minimum Gasteiger partial charge on any atom is -0.478 e. The van der Waals surface area contributed by atoms with Crippen molar-refractivity contribution in [1.82, 2.24) is 10.2 Å². The second-order valence-corrected chi connectivity index (χ2v) is 2.95. The lowest BCUT2D eigenvalue weighted by Gasteiger charge is -2.31. The predicted octanol–water partition coefficient (Wildman–Crippen LogP) is 0.385. The Morgan fingerprint density at radius 1 is 1.54 bits per heavy atom. The van der Waals surface area contributed by atoms with Gasteiger partial charge >= 0.3 is 5.97 Å². The van der Waals surface area contributed by atoms with Crippen molar-refractivity contribution in [3.63, 3.8) is 0 Å². The number of rotatable bonds is 2. The molecule has 0 bridgehead atoms. The predicted molar refractivity (Wildman–Crippen MR) is 45.8 cm³/mol. The van der Waals surface area contributed by atoms with E-state index in [1.54, 1.807) is 6.07 Å². The molecule has 0 spiro atoms. The summed E-state index contributed by atoms with van der Waals surface area (Å²) in [6, 6.07) is 1.55. The minimum absolute atomic E-state index is 0.192. The third-order valence-corrected chi connectivity index (χ3v) is 2.07. The first-order chi connectivity index (χ1) is 6.27. The van der Waals surface area contributed by atoms with Crippen molar-refractivity contribution in [3.05, 3.63) is 17.8 Å². The highest BCUT2D eigenvalue weighted by Crippen LogP contribution is 2.17. The number of carboxylic acid groups (broad SMARTS) is 1. The third-order valence-electron chi connectivity index (χ3n) is 2.07. The molecular weight excluding hydrogens is 170 g/mol. The Morgan fingerprint density at radius 2 is 2.31 bits per heavy atom. The van der Waals surface area contributed by atoms with Gasteiger partial charge in [-0.1, -0.05) is 0 Å². The van der Waals surface area contributed by atoms with Crippen LogP contribution in [0.5, 0.6) is 0 Å². The van der Waals surface area contributed by atoms with Crippen molar-refractivity contribution in [3.8, 4) is 0 Å². The van der Waals surface area contributed by atoms with Crippen LogP contribution in [0.1, 0.15) is 16.8 Å². The summed E-state index contributed by atoms with van der Waals surface area (Å²) in [7, 11) is 0. The van der Waals surface area contributed by atoms with Gasteiger partial charge in [0.05, 0.1) is 11.8 Å². The van der Waals surface area contributed by atoms with Gasteiger partial charge in [-0.05, 0) is 12.5 Å². The summed E-state index contributed by atoms with van der Waals surface area (Å²) < 4.78 is 0. The molecule has 0 aliphatic carbocycles. The van der Waals surface area contributed by atoms with E-state index in [0.29, 0.717) is 5.82 Å². The van der Waals surface area contributed by atoms with E-state index in [9.17, 15) is 4.79 Å². The van der Waals surface area contributed by atoms with E-state index in [-0.39, 0.29) is 5.56 Å². The molecule has 2 heterocycles. The van der Waals surface area contributed by atoms with Crippen LogP contribution in [0.25, 0.3) is 0 Å². The fourth-order valence-electron chi connectivity index (χ4n) is 1.17. The van der Waals surface area contributed by atoms with Gasteiger partial charge in [-0.3, -0.25) is 0 Å². The number of aromatic carboxylic acids is 1. The van der Waals surface area contributed by atoms with Gasteiger partial charge in [-0.25, -0.2) is 4.79 Å². The Hall–Kier alpha value is -1.65. The largest absolute Gasteiger partial charge is 0.478 e.